The van der Waals surface area contributed by atoms with Crippen LogP contribution >= 0.6 is 0 Å². The lowest BCUT2D eigenvalue weighted by molar-refractivity contribution is -0.340. The molecule has 8 N–H and O–H groups in total. The van der Waals surface area contributed by atoms with Crippen molar-refractivity contribution < 1.29 is 44.9 Å². The molecule has 49 heavy (non-hydrogen) atoms. The van der Waals surface area contributed by atoms with Crippen LogP contribution in [0.2, 0.25) is 0 Å². The quantitative estimate of drug-likeness (QED) is 0.151. The normalized spacial score (nSPS) is 52.0. The van der Waals surface area contributed by atoms with Crippen molar-refractivity contribution in [2.75, 3.05) is 13.2 Å². The van der Waals surface area contributed by atoms with Gasteiger partial charge in [0.2, 0.25) is 0 Å². The number of ether oxygens (including phenoxy) is 2. The minimum absolute atomic E-state index is 0.00995. The number of hydrogen-bond donors (Lipinski definition) is 7. The zero-order chi connectivity index (χ0) is 36.2. The van der Waals surface area contributed by atoms with E-state index in [1.165, 1.54) is 19.3 Å². The van der Waals surface area contributed by atoms with E-state index in [2.05, 4.69) is 54.5 Å². The molecule has 0 bridgehead atoms. The van der Waals surface area contributed by atoms with Gasteiger partial charge in [0, 0.05) is 13.0 Å². The van der Waals surface area contributed by atoms with Crippen molar-refractivity contribution in [1.29, 1.82) is 0 Å². The maximum Gasteiger partial charge on any atom is 0.364 e. The summed E-state index contributed by atoms with van der Waals surface area (Å²) < 4.78 is 12.5. The van der Waals surface area contributed by atoms with E-state index in [4.69, 9.17) is 15.2 Å². The summed E-state index contributed by atoms with van der Waals surface area (Å²) in [6.45, 7) is 16.2. The highest BCUT2D eigenvalue weighted by Crippen LogP contribution is 2.76. The van der Waals surface area contributed by atoms with Gasteiger partial charge >= 0.3 is 5.97 Å². The molecule has 280 valence electrons. The summed E-state index contributed by atoms with van der Waals surface area (Å²) >= 11 is 0. The summed E-state index contributed by atoms with van der Waals surface area (Å²) in [5.41, 5.74) is 7.77. The zero-order valence-electron chi connectivity index (χ0n) is 31.0. The van der Waals surface area contributed by atoms with Gasteiger partial charge in [0.15, 0.2) is 0 Å². The average molecular weight is 692 g/mol. The Hall–Kier alpha value is -1.11. The summed E-state index contributed by atoms with van der Waals surface area (Å²) in [5, 5.41) is 62.1. The van der Waals surface area contributed by atoms with Crippen LogP contribution < -0.4 is 5.73 Å². The first-order valence-electron chi connectivity index (χ1n) is 19.0. The first kappa shape index (κ1) is 37.6. The van der Waals surface area contributed by atoms with Gasteiger partial charge in [-0.25, -0.2) is 4.79 Å². The lowest BCUT2D eigenvalue weighted by Crippen LogP contribution is -2.68. The van der Waals surface area contributed by atoms with E-state index in [1.807, 2.05) is 0 Å². The number of hydrogen-bond acceptors (Lipinski definition) is 9. The minimum Gasteiger partial charge on any atom is -0.477 e. The van der Waals surface area contributed by atoms with Crippen molar-refractivity contribution in [1.82, 2.24) is 0 Å². The van der Waals surface area contributed by atoms with Crippen molar-refractivity contribution in [3.05, 3.63) is 11.6 Å². The number of carbonyl (C=O) groups is 1. The van der Waals surface area contributed by atoms with Crippen LogP contribution in [0.4, 0.5) is 0 Å². The number of nitrogens with two attached hydrogens (primary N) is 1. The van der Waals surface area contributed by atoms with Crippen molar-refractivity contribution in [2.45, 2.75) is 161 Å². The minimum atomic E-state index is -2.28. The molecule has 0 amide bonds. The third-order valence-corrected chi connectivity index (χ3v) is 16.5. The highest BCUT2D eigenvalue weighted by Gasteiger charge is 2.69. The van der Waals surface area contributed by atoms with Gasteiger partial charge in [0.25, 0.3) is 5.79 Å². The molecule has 0 spiro atoms. The predicted octanol–water partition coefficient (Wildman–Crippen LogP) is 4.14. The number of aliphatic carboxylic acids is 1. The Morgan fingerprint density at radius 2 is 1.63 bits per heavy atom. The number of carboxylic acid groups (broad SMARTS) is 1. The fraction of sp³-hybridized carbons (Fsp3) is 0.923. The molecule has 10 heteroatoms. The molecule has 6 aliphatic rings. The van der Waals surface area contributed by atoms with Crippen LogP contribution in [0.3, 0.4) is 0 Å². The third-order valence-electron chi connectivity index (χ3n) is 16.5. The summed E-state index contributed by atoms with van der Waals surface area (Å²) in [5.74, 6) is -2.51. The third kappa shape index (κ3) is 5.43. The maximum atomic E-state index is 12.9. The van der Waals surface area contributed by atoms with Gasteiger partial charge in [-0.05, 0) is 114 Å². The second-order valence-electron chi connectivity index (χ2n) is 19.4. The second kappa shape index (κ2) is 12.2. The van der Waals surface area contributed by atoms with Crippen molar-refractivity contribution >= 4 is 5.97 Å². The van der Waals surface area contributed by atoms with E-state index in [0.29, 0.717) is 18.3 Å². The smallest absolute Gasteiger partial charge is 0.364 e. The molecule has 10 nitrogen and oxygen atoms in total. The molecule has 1 heterocycles. The van der Waals surface area contributed by atoms with Gasteiger partial charge in [-0.15, -0.1) is 0 Å². The van der Waals surface area contributed by atoms with Crippen LogP contribution in [-0.4, -0.2) is 92.2 Å². The van der Waals surface area contributed by atoms with Gasteiger partial charge in [0.1, 0.15) is 18.3 Å². The van der Waals surface area contributed by atoms with Crippen LogP contribution in [0.5, 0.6) is 0 Å². The van der Waals surface area contributed by atoms with Crippen LogP contribution in [0.1, 0.15) is 119 Å². The van der Waals surface area contributed by atoms with E-state index in [9.17, 15) is 35.4 Å². The molecule has 0 aromatic carbocycles. The number of rotatable bonds is 7. The largest absolute Gasteiger partial charge is 0.477 e. The molecular weight excluding hydrogens is 626 g/mol. The number of fused-ring (bicyclic) bond motifs is 7. The van der Waals surface area contributed by atoms with E-state index in [-0.39, 0.29) is 39.6 Å². The zero-order valence-corrected chi connectivity index (χ0v) is 31.0. The molecule has 5 aliphatic carbocycles. The Kier molecular flexibility index (Phi) is 9.39. The number of carboxylic acids is 1. The fourth-order valence-electron chi connectivity index (χ4n) is 12.8. The van der Waals surface area contributed by atoms with Gasteiger partial charge in [-0.1, -0.05) is 60.1 Å². The lowest BCUT2D eigenvalue weighted by atomic mass is 9.33. The molecule has 0 radical (unpaired) electrons. The Morgan fingerprint density at radius 1 is 0.959 bits per heavy atom. The first-order chi connectivity index (χ1) is 22.7. The van der Waals surface area contributed by atoms with Crippen molar-refractivity contribution in [3.8, 4) is 0 Å². The second-order valence-corrected chi connectivity index (χ2v) is 19.4. The molecule has 0 unspecified atom stereocenters. The molecule has 5 fully saturated rings. The topological polar surface area (TPSA) is 183 Å². The molecule has 1 aliphatic heterocycles. The molecular formula is C39H65NO9. The van der Waals surface area contributed by atoms with Crippen LogP contribution in [0.15, 0.2) is 11.6 Å². The number of aliphatic hydroxyl groups is 5. The summed E-state index contributed by atoms with van der Waals surface area (Å²) in [6.07, 6.45) is 5.80. The Labute approximate surface area is 292 Å². The Balaban J connectivity index is 1.29. The van der Waals surface area contributed by atoms with Crippen molar-refractivity contribution in [2.24, 2.45) is 56.0 Å². The van der Waals surface area contributed by atoms with Gasteiger partial charge in [-0.3, -0.25) is 0 Å². The average Bonchev–Trinajstić information content (AvgIpc) is 3.04. The van der Waals surface area contributed by atoms with E-state index < -0.39 is 66.8 Å². The standard InChI is InChI=1S/C39H65NO9/c1-33(2)26-10-13-38(7)27(9-8-22-23-18-34(3,21-42)14-15-35(23,4)16-17-37(22,38)6)36(26,5)12-11-28(33)48-39(32(46)47)19-24(43)29(40)31(49-39)30(45)25(44)20-41/h8,23-31,41-45H,9-21,40H2,1-7H3,(H,46,47)/t23-,24-,25+,26-,27+,28-,29+,30+,31+,34-,35+,36-,37+,38+,39+/m0/s1. The highest BCUT2D eigenvalue weighted by atomic mass is 16.7. The molecule has 15 atom stereocenters. The van der Waals surface area contributed by atoms with E-state index >= 15 is 0 Å². The molecule has 1 saturated heterocycles. The van der Waals surface area contributed by atoms with Crippen LogP contribution in [-0.2, 0) is 14.3 Å². The summed E-state index contributed by atoms with van der Waals surface area (Å²) in [4.78, 5) is 12.9. The summed E-state index contributed by atoms with van der Waals surface area (Å²) in [7, 11) is 0. The maximum absolute atomic E-state index is 12.9. The number of aliphatic hydroxyl groups excluding tert-OH is 5. The number of allylic oxidation sites excluding steroid dienone is 2. The van der Waals surface area contributed by atoms with E-state index in [1.54, 1.807) is 5.57 Å². The molecule has 6 rings (SSSR count). The highest BCUT2D eigenvalue weighted by molar-refractivity contribution is 5.76. The SMILES string of the molecule is CC1(C)[C@@H](O[C@]2(C(=O)O)C[C@H](O)[C@@H](N)[C@H]([C@H](O)[C@H](O)CO)O2)CC[C@]2(C)[C@H]3CC=C4[C@@H]5C[C@@](C)(CO)CC[C@]5(C)CC[C@@]4(C)[C@]3(C)CC[C@@H]12. The first-order valence-corrected chi connectivity index (χ1v) is 19.0. The van der Waals surface area contributed by atoms with Gasteiger partial charge in [0.05, 0.1) is 24.9 Å². The van der Waals surface area contributed by atoms with Crippen LogP contribution in [0.25, 0.3) is 0 Å². The fourth-order valence-corrected chi connectivity index (χ4v) is 12.8. The van der Waals surface area contributed by atoms with Gasteiger partial charge in [-0.2, -0.15) is 0 Å². The monoisotopic (exact) mass is 691 g/mol. The van der Waals surface area contributed by atoms with Gasteiger partial charge < -0.3 is 45.8 Å². The molecule has 0 aromatic rings. The Morgan fingerprint density at radius 3 is 2.27 bits per heavy atom. The molecule has 0 aromatic heterocycles. The van der Waals surface area contributed by atoms with Crippen molar-refractivity contribution in [3.63, 3.8) is 0 Å². The lowest BCUT2D eigenvalue weighted by Gasteiger charge is -2.71. The van der Waals surface area contributed by atoms with Crippen LogP contribution in [0, 0.1) is 50.2 Å². The van der Waals surface area contributed by atoms with E-state index in [0.717, 1.165) is 38.5 Å². The predicted molar refractivity (Wildman–Crippen MR) is 184 cm³/mol. The molecule has 4 saturated carbocycles. The summed E-state index contributed by atoms with van der Waals surface area (Å²) in [6, 6.07) is -1.18. The Bertz CT molecular complexity index is 1320.